The standard InChI is InChI=1S/C7H15NO.C6H12O.CH5N/c1-6(2)4-7(5-9)8-3;1-6(2)4-3-5-7;1-2/h5-8H,4H2,1-3H3;5-6H,3-4H2,1-2H3;2H2,1H3. The Balaban J connectivity index is -0.000000225. The van der Waals surface area contributed by atoms with E-state index in [1.54, 1.807) is 7.05 Å². The van der Waals surface area contributed by atoms with Gasteiger partial charge in [-0.05, 0) is 38.8 Å². The Labute approximate surface area is 113 Å². The van der Waals surface area contributed by atoms with E-state index in [-0.39, 0.29) is 6.04 Å². The van der Waals surface area contributed by atoms with Crippen LogP contribution in [0, 0.1) is 11.8 Å². The van der Waals surface area contributed by atoms with Crippen LogP contribution in [-0.2, 0) is 9.59 Å². The van der Waals surface area contributed by atoms with Gasteiger partial charge in [0, 0.05) is 6.42 Å². The predicted octanol–water partition coefficient (Wildman–Crippen LogP) is 2.02. The maximum Gasteiger partial charge on any atom is 0.136 e. The normalized spacial score (nSPS) is 10.9. The SMILES string of the molecule is CC(C)CCC=O.CN.CNC(C=O)CC(C)C. The van der Waals surface area contributed by atoms with Gasteiger partial charge in [-0.3, -0.25) is 0 Å². The summed E-state index contributed by atoms with van der Waals surface area (Å²) in [5.41, 5.74) is 4.50. The number of nitrogens with two attached hydrogens (primary N) is 1. The molecule has 110 valence electrons. The van der Waals surface area contributed by atoms with Gasteiger partial charge in [0.15, 0.2) is 0 Å². The fourth-order valence-electron chi connectivity index (χ4n) is 1.15. The van der Waals surface area contributed by atoms with Crippen LogP contribution >= 0.6 is 0 Å². The van der Waals surface area contributed by atoms with Crippen LogP contribution in [0.2, 0.25) is 0 Å². The van der Waals surface area contributed by atoms with E-state index in [0.29, 0.717) is 11.8 Å². The molecule has 0 aromatic rings. The number of nitrogens with one attached hydrogen (secondary N) is 1. The van der Waals surface area contributed by atoms with Crippen LogP contribution in [0.4, 0.5) is 0 Å². The summed E-state index contributed by atoms with van der Waals surface area (Å²) in [6.07, 6.45) is 4.61. The number of carbonyl (C=O) groups excluding carboxylic acids is 2. The van der Waals surface area contributed by atoms with E-state index in [2.05, 4.69) is 38.7 Å². The second-order valence-electron chi connectivity index (χ2n) is 4.80. The van der Waals surface area contributed by atoms with E-state index in [4.69, 9.17) is 0 Å². The number of rotatable bonds is 7. The number of aldehydes is 2. The molecule has 0 heterocycles. The number of likely N-dealkylation sites (N-methyl/N-ethyl adjacent to an activating group) is 1. The van der Waals surface area contributed by atoms with Crippen LogP contribution in [-0.4, -0.2) is 32.7 Å². The van der Waals surface area contributed by atoms with Crippen molar-refractivity contribution in [3.8, 4) is 0 Å². The van der Waals surface area contributed by atoms with Gasteiger partial charge in [-0.25, -0.2) is 0 Å². The van der Waals surface area contributed by atoms with E-state index in [1.807, 2.05) is 0 Å². The van der Waals surface area contributed by atoms with Crippen molar-refractivity contribution in [3.05, 3.63) is 0 Å². The van der Waals surface area contributed by atoms with Gasteiger partial charge < -0.3 is 20.6 Å². The minimum absolute atomic E-state index is 0.0463. The van der Waals surface area contributed by atoms with Crippen molar-refractivity contribution in [3.63, 3.8) is 0 Å². The maximum absolute atomic E-state index is 10.2. The van der Waals surface area contributed by atoms with Gasteiger partial charge >= 0.3 is 0 Å². The fraction of sp³-hybridized carbons (Fsp3) is 0.857. The molecule has 0 aromatic heterocycles. The highest BCUT2D eigenvalue weighted by Crippen LogP contribution is 2.01. The van der Waals surface area contributed by atoms with Gasteiger partial charge in [0.1, 0.15) is 12.6 Å². The average molecular weight is 260 g/mol. The molecule has 0 spiro atoms. The molecule has 0 aromatic carbocycles. The molecule has 4 nitrogen and oxygen atoms in total. The molecule has 1 unspecified atom stereocenters. The third-order valence-electron chi connectivity index (χ3n) is 2.12. The van der Waals surface area contributed by atoms with E-state index >= 15 is 0 Å². The topological polar surface area (TPSA) is 72.2 Å². The first kappa shape index (κ1) is 22.4. The van der Waals surface area contributed by atoms with Gasteiger partial charge in [-0.2, -0.15) is 0 Å². The Bertz CT molecular complexity index is 171. The van der Waals surface area contributed by atoms with Gasteiger partial charge in [-0.15, -0.1) is 0 Å². The molecule has 0 fully saturated rings. The van der Waals surface area contributed by atoms with Crippen molar-refractivity contribution in [2.75, 3.05) is 14.1 Å². The van der Waals surface area contributed by atoms with Crippen molar-refractivity contribution in [1.29, 1.82) is 0 Å². The molecule has 0 bridgehead atoms. The molecular weight excluding hydrogens is 228 g/mol. The zero-order valence-corrected chi connectivity index (χ0v) is 12.9. The summed E-state index contributed by atoms with van der Waals surface area (Å²) in [6, 6.07) is 0.0463. The third kappa shape index (κ3) is 24.5. The minimum Gasteiger partial charge on any atom is -0.333 e. The van der Waals surface area contributed by atoms with E-state index in [9.17, 15) is 9.59 Å². The van der Waals surface area contributed by atoms with Crippen molar-refractivity contribution in [2.24, 2.45) is 17.6 Å². The summed E-state index contributed by atoms with van der Waals surface area (Å²) in [4.78, 5) is 19.9. The zero-order valence-electron chi connectivity index (χ0n) is 12.9. The summed E-state index contributed by atoms with van der Waals surface area (Å²) in [5, 5.41) is 2.92. The minimum atomic E-state index is 0.0463. The molecule has 18 heavy (non-hydrogen) atoms. The molecule has 0 aliphatic carbocycles. The zero-order chi connectivity index (χ0) is 15.0. The Hall–Kier alpha value is -0.740. The van der Waals surface area contributed by atoms with E-state index < -0.39 is 0 Å². The van der Waals surface area contributed by atoms with E-state index in [0.717, 1.165) is 31.8 Å². The number of carbonyl (C=O) groups is 2. The fourth-order valence-corrected chi connectivity index (χ4v) is 1.15. The van der Waals surface area contributed by atoms with Crippen LogP contribution in [0.3, 0.4) is 0 Å². The van der Waals surface area contributed by atoms with E-state index in [1.165, 1.54) is 7.05 Å². The lowest BCUT2D eigenvalue weighted by Gasteiger charge is -2.10. The molecule has 1 atom stereocenters. The monoisotopic (exact) mass is 260 g/mol. The van der Waals surface area contributed by atoms with Crippen LogP contribution in [0.15, 0.2) is 0 Å². The highest BCUT2D eigenvalue weighted by molar-refractivity contribution is 5.57. The molecule has 3 N–H and O–H groups in total. The van der Waals surface area contributed by atoms with Gasteiger partial charge in [0.2, 0.25) is 0 Å². The van der Waals surface area contributed by atoms with Crippen LogP contribution in [0.5, 0.6) is 0 Å². The lowest BCUT2D eigenvalue weighted by Crippen LogP contribution is -2.27. The summed E-state index contributed by atoms with van der Waals surface area (Å²) in [5.74, 6) is 1.26. The van der Waals surface area contributed by atoms with Gasteiger partial charge in [-0.1, -0.05) is 27.7 Å². The number of hydrogen-bond donors (Lipinski definition) is 2. The van der Waals surface area contributed by atoms with Crippen LogP contribution < -0.4 is 11.1 Å². The average Bonchev–Trinajstić information content (AvgIpc) is 2.36. The molecular formula is C14H32N2O2. The molecule has 0 saturated carbocycles. The summed E-state index contributed by atoms with van der Waals surface area (Å²) >= 11 is 0. The van der Waals surface area contributed by atoms with Crippen molar-refractivity contribution >= 4 is 12.6 Å². The second-order valence-corrected chi connectivity index (χ2v) is 4.80. The quantitative estimate of drug-likeness (QED) is 0.687. The molecule has 0 aliphatic heterocycles. The largest absolute Gasteiger partial charge is 0.333 e. The molecule has 0 rings (SSSR count). The van der Waals surface area contributed by atoms with Crippen molar-refractivity contribution < 1.29 is 9.59 Å². The maximum atomic E-state index is 10.2. The van der Waals surface area contributed by atoms with Crippen LogP contribution in [0.25, 0.3) is 0 Å². The Morgan fingerprint density at radius 1 is 1.06 bits per heavy atom. The van der Waals surface area contributed by atoms with Crippen molar-refractivity contribution in [2.45, 2.75) is 53.0 Å². The molecule has 0 aliphatic rings. The highest BCUT2D eigenvalue weighted by atomic mass is 16.1. The molecule has 4 heteroatoms. The Morgan fingerprint density at radius 2 is 1.56 bits per heavy atom. The van der Waals surface area contributed by atoms with Gasteiger partial charge in [0.25, 0.3) is 0 Å². The first-order valence-corrected chi connectivity index (χ1v) is 6.61. The molecule has 0 radical (unpaired) electrons. The molecule has 0 saturated heterocycles. The summed E-state index contributed by atoms with van der Waals surface area (Å²) < 4.78 is 0. The third-order valence-corrected chi connectivity index (χ3v) is 2.12. The smallest absolute Gasteiger partial charge is 0.136 e. The lowest BCUT2D eigenvalue weighted by atomic mass is 10.1. The summed E-state index contributed by atoms with van der Waals surface area (Å²) in [6.45, 7) is 8.44. The first-order valence-electron chi connectivity index (χ1n) is 6.61. The van der Waals surface area contributed by atoms with Gasteiger partial charge in [0.05, 0.1) is 6.04 Å². The Morgan fingerprint density at radius 3 is 1.67 bits per heavy atom. The van der Waals surface area contributed by atoms with Crippen molar-refractivity contribution in [1.82, 2.24) is 5.32 Å². The second kappa shape index (κ2) is 18.6. The predicted molar refractivity (Wildman–Crippen MR) is 78.6 cm³/mol. The first-order chi connectivity index (χ1) is 8.47. The van der Waals surface area contributed by atoms with Crippen LogP contribution in [0.1, 0.15) is 47.0 Å². The number of hydrogen-bond acceptors (Lipinski definition) is 4. The summed E-state index contributed by atoms with van der Waals surface area (Å²) in [7, 11) is 3.31. The Kier molecular flexibility index (Phi) is 23.2. The molecule has 0 amide bonds. The highest BCUT2D eigenvalue weighted by Gasteiger charge is 2.04. The lowest BCUT2D eigenvalue weighted by molar-refractivity contribution is -0.110.